The molecular weight excluding hydrogens is 388 g/mol. The summed E-state index contributed by atoms with van der Waals surface area (Å²) in [6, 6.07) is 10.4. The van der Waals surface area contributed by atoms with Crippen LogP contribution < -0.4 is 5.32 Å². The zero-order valence-electron chi connectivity index (χ0n) is 16.1. The van der Waals surface area contributed by atoms with Crippen molar-refractivity contribution in [1.29, 1.82) is 0 Å². The molecule has 0 bridgehead atoms. The maximum Gasteiger partial charge on any atom is 0.338 e. The fourth-order valence-electron chi connectivity index (χ4n) is 2.94. The second-order valence-electron chi connectivity index (χ2n) is 6.53. The van der Waals surface area contributed by atoms with E-state index in [1.807, 2.05) is 0 Å². The Balaban J connectivity index is 1.64. The van der Waals surface area contributed by atoms with Crippen LogP contribution in [0.2, 0.25) is 0 Å². The van der Waals surface area contributed by atoms with Gasteiger partial charge in [0.05, 0.1) is 16.7 Å². The fraction of sp³-hybridized carbons (Fsp3) is 0.136. The van der Waals surface area contributed by atoms with E-state index >= 15 is 0 Å². The normalized spacial score (nSPS) is 12.4. The number of rotatable bonds is 7. The van der Waals surface area contributed by atoms with Crippen molar-refractivity contribution in [1.82, 2.24) is 4.90 Å². The van der Waals surface area contributed by atoms with Crippen LogP contribution in [-0.2, 0) is 9.53 Å². The zero-order chi connectivity index (χ0) is 21.8. The summed E-state index contributed by atoms with van der Waals surface area (Å²) in [5.74, 6) is -2.52. The summed E-state index contributed by atoms with van der Waals surface area (Å²) in [5, 5.41) is 2.54. The second-order valence-corrected chi connectivity index (χ2v) is 6.53. The highest BCUT2D eigenvalue weighted by molar-refractivity contribution is 6.22. The van der Waals surface area contributed by atoms with Gasteiger partial charge in [0, 0.05) is 17.8 Å². The number of ketones is 1. The van der Waals surface area contributed by atoms with Crippen LogP contribution in [0, 0.1) is 0 Å². The van der Waals surface area contributed by atoms with Gasteiger partial charge >= 0.3 is 5.97 Å². The molecule has 1 aliphatic rings. The number of imide groups is 1. The molecule has 30 heavy (non-hydrogen) atoms. The number of benzene rings is 2. The molecule has 1 aliphatic heterocycles. The molecule has 1 heterocycles. The first-order valence-electron chi connectivity index (χ1n) is 9.01. The van der Waals surface area contributed by atoms with E-state index in [4.69, 9.17) is 4.74 Å². The molecule has 3 rings (SSSR count). The lowest BCUT2D eigenvalue weighted by Gasteiger charge is -2.09. The van der Waals surface area contributed by atoms with Crippen molar-refractivity contribution < 1.29 is 28.7 Å². The summed E-state index contributed by atoms with van der Waals surface area (Å²) >= 11 is 0. The van der Waals surface area contributed by atoms with Crippen molar-refractivity contribution in [2.45, 2.75) is 6.92 Å². The monoisotopic (exact) mass is 406 g/mol. The molecule has 0 unspecified atom stereocenters. The van der Waals surface area contributed by atoms with Crippen LogP contribution in [0.3, 0.4) is 0 Å². The highest BCUT2D eigenvalue weighted by atomic mass is 16.5. The van der Waals surface area contributed by atoms with Gasteiger partial charge in [0.1, 0.15) is 0 Å². The molecule has 0 spiro atoms. The Kier molecular flexibility index (Phi) is 5.87. The second kappa shape index (κ2) is 8.52. The third-order valence-electron chi connectivity index (χ3n) is 4.41. The van der Waals surface area contributed by atoms with Gasteiger partial charge in [0.25, 0.3) is 17.7 Å². The predicted molar refractivity (Wildman–Crippen MR) is 107 cm³/mol. The molecule has 0 aliphatic carbocycles. The van der Waals surface area contributed by atoms with Gasteiger partial charge < -0.3 is 10.1 Å². The number of fused-ring (bicyclic) bond motifs is 1. The predicted octanol–water partition coefficient (Wildman–Crippen LogP) is 2.47. The molecule has 2 aromatic carbocycles. The number of nitrogens with zero attached hydrogens (tertiary/aromatic N) is 1. The Morgan fingerprint density at radius 1 is 1.03 bits per heavy atom. The van der Waals surface area contributed by atoms with Gasteiger partial charge in [-0.1, -0.05) is 18.2 Å². The number of carbonyl (C=O) groups excluding carboxylic acids is 5. The molecule has 8 heteroatoms. The molecule has 0 aromatic heterocycles. The first kappa shape index (κ1) is 20.7. The van der Waals surface area contributed by atoms with Gasteiger partial charge in [-0.3, -0.25) is 24.1 Å². The lowest BCUT2D eigenvalue weighted by atomic mass is 10.1. The minimum atomic E-state index is -0.812. The summed E-state index contributed by atoms with van der Waals surface area (Å²) in [4.78, 5) is 61.3. The highest BCUT2D eigenvalue weighted by Gasteiger charge is 2.35. The van der Waals surface area contributed by atoms with Crippen LogP contribution in [0.1, 0.15) is 48.4 Å². The van der Waals surface area contributed by atoms with Gasteiger partial charge in [0.15, 0.2) is 12.4 Å². The van der Waals surface area contributed by atoms with Gasteiger partial charge in [-0.05, 0) is 37.3 Å². The summed E-state index contributed by atoms with van der Waals surface area (Å²) < 4.78 is 4.99. The van der Waals surface area contributed by atoms with E-state index < -0.39 is 30.3 Å². The van der Waals surface area contributed by atoms with Gasteiger partial charge in [0.2, 0.25) is 0 Å². The number of hydrogen-bond donors (Lipinski definition) is 1. The molecule has 0 saturated carbocycles. The minimum Gasteiger partial charge on any atom is -0.452 e. The number of esters is 1. The van der Waals surface area contributed by atoms with Crippen molar-refractivity contribution in [3.05, 3.63) is 77.4 Å². The summed E-state index contributed by atoms with van der Waals surface area (Å²) in [6.07, 6.45) is 1.43. The van der Waals surface area contributed by atoms with Gasteiger partial charge in [-0.25, -0.2) is 4.79 Å². The van der Waals surface area contributed by atoms with E-state index in [1.165, 1.54) is 37.3 Å². The molecule has 2 aromatic rings. The molecule has 0 radical (unpaired) electrons. The van der Waals surface area contributed by atoms with Crippen LogP contribution in [0.5, 0.6) is 0 Å². The molecule has 8 nitrogen and oxygen atoms in total. The summed E-state index contributed by atoms with van der Waals surface area (Å²) in [7, 11) is 0. The van der Waals surface area contributed by atoms with E-state index in [-0.39, 0.29) is 29.0 Å². The molecular formula is C22H18N2O6. The van der Waals surface area contributed by atoms with Gasteiger partial charge in [-0.2, -0.15) is 0 Å². The Bertz CT molecular complexity index is 1090. The largest absolute Gasteiger partial charge is 0.452 e. The minimum absolute atomic E-state index is 0.0433. The average Bonchev–Trinajstić information content (AvgIpc) is 2.97. The first-order chi connectivity index (χ1) is 14.3. The topological polar surface area (TPSA) is 110 Å². The van der Waals surface area contributed by atoms with Crippen molar-refractivity contribution in [2.75, 3.05) is 18.5 Å². The number of nitrogens with one attached hydrogen (secondary N) is 1. The number of ether oxygens (including phenoxy) is 1. The molecule has 0 fully saturated rings. The molecule has 3 amide bonds. The van der Waals surface area contributed by atoms with E-state index in [9.17, 15) is 24.0 Å². The van der Waals surface area contributed by atoms with Gasteiger partial charge in [-0.15, -0.1) is 6.58 Å². The number of amides is 3. The fourth-order valence-corrected chi connectivity index (χ4v) is 2.94. The zero-order valence-corrected chi connectivity index (χ0v) is 16.1. The Labute approximate surface area is 172 Å². The SMILES string of the molecule is C=CCN1C(=O)c2ccc(C(=O)OCC(=O)Nc3cccc(C(C)=O)c3)cc2C1=O. The van der Waals surface area contributed by atoms with E-state index in [0.29, 0.717) is 11.3 Å². The average molecular weight is 406 g/mol. The number of carbonyl (C=O) groups is 5. The van der Waals surface area contributed by atoms with Crippen LogP contribution in [0.4, 0.5) is 5.69 Å². The molecule has 152 valence electrons. The van der Waals surface area contributed by atoms with Crippen LogP contribution in [-0.4, -0.2) is 47.5 Å². The van der Waals surface area contributed by atoms with Crippen LogP contribution >= 0.6 is 0 Å². The van der Waals surface area contributed by atoms with Crippen LogP contribution in [0.25, 0.3) is 0 Å². The molecule has 0 atom stereocenters. The lowest BCUT2D eigenvalue weighted by molar-refractivity contribution is -0.119. The molecule has 0 saturated heterocycles. The van der Waals surface area contributed by atoms with E-state index in [0.717, 1.165) is 4.90 Å². The maximum absolute atomic E-state index is 12.3. The smallest absolute Gasteiger partial charge is 0.338 e. The number of Topliss-reactive ketones (excluding diaryl/α,β-unsaturated/α-hetero) is 1. The summed E-state index contributed by atoms with van der Waals surface area (Å²) in [6.45, 7) is 4.43. The Morgan fingerprint density at radius 3 is 2.47 bits per heavy atom. The standard InChI is InChI=1S/C22H18N2O6/c1-3-9-24-20(27)17-8-7-15(11-18(17)21(24)28)22(29)30-12-19(26)23-16-6-4-5-14(10-16)13(2)25/h3-8,10-11H,1,9,12H2,2H3,(H,23,26). The third kappa shape index (κ3) is 4.17. The maximum atomic E-state index is 12.3. The van der Waals surface area contributed by atoms with E-state index in [1.54, 1.807) is 18.2 Å². The molecule has 1 N–H and O–H groups in total. The Morgan fingerprint density at radius 2 is 1.77 bits per heavy atom. The van der Waals surface area contributed by atoms with Crippen LogP contribution in [0.15, 0.2) is 55.1 Å². The number of anilines is 1. The third-order valence-corrected chi connectivity index (χ3v) is 4.41. The van der Waals surface area contributed by atoms with Crippen molar-refractivity contribution >= 4 is 35.2 Å². The summed E-state index contributed by atoms with van der Waals surface area (Å²) in [5.41, 5.74) is 1.17. The number of hydrogen-bond acceptors (Lipinski definition) is 6. The van der Waals surface area contributed by atoms with Crippen molar-refractivity contribution in [3.63, 3.8) is 0 Å². The van der Waals surface area contributed by atoms with Crippen molar-refractivity contribution in [2.24, 2.45) is 0 Å². The quantitative estimate of drug-likeness (QED) is 0.327. The first-order valence-corrected chi connectivity index (χ1v) is 9.01. The lowest BCUT2D eigenvalue weighted by Crippen LogP contribution is -2.29. The highest BCUT2D eigenvalue weighted by Crippen LogP contribution is 2.24. The van der Waals surface area contributed by atoms with Crippen molar-refractivity contribution in [3.8, 4) is 0 Å². The van der Waals surface area contributed by atoms with E-state index in [2.05, 4.69) is 11.9 Å². The Hall–Kier alpha value is -4.07.